The summed E-state index contributed by atoms with van der Waals surface area (Å²) in [5, 5.41) is 10.5. The topological polar surface area (TPSA) is 99.2 Å². The highest BCUT2D eigenvalue weighted by molar-refractivity contribution is 7.91. The minimum atomic E-state index is -3.13. The van der Waals surface area contributed by atoms with Crippen molar-refractivity contribution in [2.75, 3.05) is 31.1 Å². The number of nitrogens with zero attached hydrogens (tertiary/aromatic N) is 3. The number of amides is 2. The second-order valence-electron chi connectivity index (χ2n) is 7.83. The van der Waals surface area contributed by atoms with E-state index in [1.54, 1.807) is 11.3 Å². The lowest BCUT2D eigenvalue weighted by Crippen LogP contribution is -2.45. The molecular formula is C19H26N4O4S2. The third-order valence-corrected chi connectivity index (χ3v) is 8.51. The first-order chi connectivity index (χ1) is 13.9. The van der Waals surface area contributed by atoms with Crippen LogP contribution in [0.5, 0.6) is 0 Å². The monoisotopic (exact) mass is 438 g/mol. The summed E-state index contributed by atoms with van der Waals surface area (Å²) >= 11 is 1.69. The average Bonchev–Trinajstić information content (AvgIpc) is 3.44. The highest BCUT2D eigenvalue weighted by atomic mass is 32.2. The maximum Gasteiger partial charge on any atom is 0.267 e. The Morgan fingerprint density at radius 1 is 1.31 bits per heavy atom. The third-order valence-electron chi connectivity index (χ3n) is 5.79. The Balaban J connectivity index is 1.43. The fourth-order valence-electron chi connectivity index (χ4n) is 4.22. The van der Waals surface area contributed by atoms with Gasteiger partial charge in [0.15, 0.2) is 9.84 Å². The van der Waals surface area contributed by atoms with Crippen molar-refractivity contribution in [2.24, 2.45) is 5.10 Å². The molecule has 0 bridgehead atoms. The first-order valence-corrected chi connectivity index (χ1v) is 12.8. The number of hydrogen-bond donors (Lipinski definition) is 1. The summed E-state index contributed by atoms with van der Waals surface area (Å²) in [6.07, 6.45) is 3.19. The van der Waals surface area contributed by atoms with Gasteiger partial charge < -0.3 is 5.32 Å². The zero-order valence-corrected chi connectivity index (χ0v) is 17.9. The third kappa shape index (κ3) is 4.70. The summed E-state index contributed by atoms with van der Waals surface area (Å²) in [7, 11) is -3.13. The summed E-state index contributed by atoms with van der Waals surface area (Å²) in [6, 6.07) is 3.80. The number of hydrogen-bond acceptors (Lipinski definition) is 7. The molecule has 0 aromatic carbocycles. The number of hydrazone groups is 1. The van der Waals surface area contributed by atoms with Crippen LogP contribution in [0.4, 0.5) is 0 Å². The van der Waals surface area contributed by atoms with Gasteiger partial charge in [0.2, 0.25) is 5.91 Å². The van der Waals surface area contributed by atoms with E-state index in [9.17, 15) is 18.0 Å². The Hall–Kier alpha value is -1.78. The molecule has 1 aromatic rings. The summed E-state index contributed by atoms with van der Waals surface area (Å²) in [5.74, 6) is -0.495. The Morgan fingerprint density at radius 3 is 2.76 bits per heavy atom. The van der Waals surface area contributed by atoms with Crippen LogP contribution in [-0.4, -0.2) is 73.0 Å². The summed E-state index contributed by atoms with van der Waals surface area (Å²) in [6.45, 7) is 2.54. The van der Waals surface area contributed by atoms with E-state index in [1.165, 1.54) is 22.7 Å². The minimum absolute atomic E-state index is 0.0663. The van der Waals surface area contributed by atoms with Crippen LogP contribution in [0, 0.1) is 0 Å². The molecule has 0 aliphatic carbocycles. The molecule has 2 unspecified atom stereocenters. The van der Waals surface area contributed by atoms with Gasteiger partial charge >= 0.3 is 0 Å². The zero-order valence-electron chi connectivity index (χ0n) is 16.2. The van der Waals surface area contributed by atoms with Crippen LogP contribution in [0.1, 0.15) is 43.0 Å². The largest absolute Gasteiger partial charge is 0.349 e. The van der Waals surface area contributed by atoms with Crippen LogP contribution in [0.3, 0.4) is 0 Å². The maximum atomic E-state index is 12.8. The second-order valence-corrected chi connectivity index (χ2v) is 11.0. The lowest BCUT2D eigenvalue weighted by atomic mass is 10.1. The molecule has 29 heavy (non-hydrogen) atoms. The lowest BCUT2D eigenvalue weighted by molar-refractivity contribution is -0.133. The molecule has 10 heteroatoms. The van der Waals surface area contributed by atoms with Gasteiger partial charge in [-0.3, -0.25) is 14.5 Å². The fourth-order valence-corrected chi connectivity index (χ4v) is 6.78. The molecule has 3 aliphatic rings. The maximum absolute atomic E-state index is 12.8. The molecule has 2 fully saturated rings. The second kappa shape index (κ2) is 8.53. The van der Waals surface area contributed by atoms with E-state index in [2.05, 4.69) is 21.4 Å². The molecule has 1 aromatic heterocycles. The van der Waals surface area contributed by atoms with E-state index in [4.69, 9.17) is 0 Å². The molecule has 1 N–H and O–H groups in total. The molecule has 0 radical (unpaired) electrons. The number of rotatable bonds is 6. The Labute approximate surface area is 174 Å². The number of carbonyl (C=O) groups excluding carboxylic acids is 2. The highest BCUT2D eigenvalue weighted by Crippen LogP contribution is 2.28. The van der Waals surface area contributed by atoms with Gasteiger partial charge in [0.1, 0.15) is 5.71 Å². The van der Waals surface area contributed by atoms with Crippen LogP contribution in [-0.2, 0) is 19.4 Å². The number of thiophene rings is 1. The van der Waals surface area contributed by atoms with Crippen LogP contribution in [0.15, 0.2) is 22.6 Å². The van der Waals surface area contributed by atoms with Crippen molar-refractivity contribution in [1.82, 2.24) is 15.2 Å². The molecule has 4 heterocycles. The number of likely N-dealkylation sites (tertiary alicyclic amines) is 1. The molecule has 3 aliphatic heterocycles. The molecule has 2 amide bonds. The van der Waals surface area contributed by atoms with Gasteiger partial charge in [-0.2, -0.15) is 5.10 Å². The van der Waals surface area contributed by atoms with Crippen molar-refractivity contribution in [2.45, 2.75) is 44.2 Å². The van der Waals surface area contributed by atoms with E-state index < -0.39 is 15.9 Å². The zero-order chi connectivity index (χ0) is 20.4. The van der Waals surface area contributed by atoms with E-state index >= 15 is 0 Å². The van der Waals surface area contributed by atoms with Gasteiger partial charge in [0, 0.05) is 24.3 Å². The minimum Gasteiger partial charge on any atom is -0.349 e. The first-order valence-electron chi connectivity index (χ1n) is 10.1. The quantitative estimate of drug-likeness (QED) is 0.719. The molecule has 2 saturated heterocycles. The van der Waals surface area contributed by atoms with Crippen LogP contribution >= 0.6 is 11.3 Å². The molecular weight excluding hydrogens is 412 g/mol. The number of sulfone groups is 1. The molecule has 2 atom stereocenters. The van der Waals surface area contributed by atoms with Crippen LogP contribution < -0.4 is 5.32 Å². The Morgan fingerprint density at radius 2 is 2.10 bits per heavy atom. The standard InChI is InChI=1S/C19H26N4O4S2/c24-18-6-5-15(21-23(18)14-7-11-29(26,27)13-14)19(25)20-12-16(17-4-3-10-28-17)22-8-1-2-9-22/h3-4,10,14,16H,1-2,5-9,11-13H2,(H,20,25). The summed E-state index contributed by atoms with van der Waals surface area (Å²) < 4.78 is 23.5. The van der Waals surface area contributed by atoms with Crippen LogP contribution in [0.2, 0.25) is 0 Å². The van der Waals surface area contributed by atoms with Gasteiger partial charge in [-0.05, 0) is 43.8 Å². The van der Waals surface area contributed by atoms with Crippen molar-refractivity contribution >= 4 is 38.7 Å². The normalized spacial score (nSPS) is 25.8. The van der Waals surface area contributed by atoms with Crippen molar-refractivity contribution in [1.29, 1.82) is 0 Å². The van der Waals surface area contributed by atoms with E-state index in [-0.39, 0.29) is 42.2 Å². The van der Waals surface area contributed by atoms with E-state index in [0.29, 0.717) is 18.7 Å². The summed E-state index contributed by atoms with van der Waals surface area (Å²) in [5.41, 5.74) is 0.306. The molecule has 158 valence electrons. The van der Waals surface area contributed by atoms with Gasteiger partial charge in [0.25, 0.3) is 5.91 Å². The van der Waals surface area contributed by atoms with Crippen LogP contribution in [0.25, 0.3) is 0 Å². The van der Waals surface area contributed by atoms with Gasteiger partial charge in [-0.25, -0.2) is 13.4 Å². The number of nitrogens with one attached hydrogen (secondary N) is 1. The van der Waals surface area contributed by atoms with Crippen molar-refractivity contribution in [3.8, 4) is 0 Å². The van der Waals surface area contributed by atoms with E-state index in [1.807, 2.05) is 11.4 Å². The van der Waals surface area contributed by atoms with Gasteiger partial charge in [0.05, 0.1) is 23.6 Å². The van der Waals surface area contributed by atoms with Gasteiger partial charge in [-0.1, -0.05) is 6.07 Å². The van der Waals surface area contributed by atoms with E-state index in [0.717, 1.165) is 13.1 Å². The van der Waals surface area contributed by atoms with Crippen molar-refractivity contribution < 1.29 is 18.0 Å². The predicted octanol–water partition coefficient (Wildman–Crippen LogP) is 1.17. The number of carbonyl (C=O) groups is 2. The molecule has 4 rings (SSSR count). The van der Waals surface area contributed by atoms with Crippen molar-refractivity contribution in [3.05, 3.63) is 22.4 Å². The SMILES string of the molecule is O=C(NCC(c1cccs1)N1CCCC1)C1=NN(C2CCS(=O)(=O)C2)C(=O)CC1. The predicted molar refractivity (Wildman–Crippen MR) is 111 cm³/mol. The fraction of sp³-hybridized carbons (Fsp3) is 0.632. The van der Waals surface area contributed by atoms with Crippen molar-refractivity contribution in [3.63, 3.8) is 0 Å². The Kier molecular flexibility index (Phi) is 6.03. The molecule has 0 spiro atoms. The average molecular weight is 439 g/mol. The highest BCUT2D eigenvalue weighted by Gasteiger charge is 2.37. The lowest BCUT2D eigenvalue weighted by Gasteiger charge is -2.29. The van der Waals surface area contributed by atoms with Gasteiger partial charge in [-0.15, -0.1) is 11.3 Å². The smallest absolute Gasteiger partial charge is 0.267 e. The first kappa shape index (κ1) is 20.5. The molecule has 8 nitrogen and oxygen atoms in total. The molecule has 0 saturated carbocycles. The summed E-state index contributed by atoms with van der Waals surface area (Å²) in [4.78, 5) is 28.6. The Bertz CT molecular complexity index is 891.